The summed E-state index contributed by atoms with van der Waals surface area (Å²) in [6, 6.07) is 3.96. The van der Waals surface area contributed by atoms with Gasteiger partial charge in [-0.15, -0.1) is 0 Å². The van der Waals surface area contributed by atoms with Gasteiger partial charge >= 0.3 is 0 Å². The van der Waals surface area contributed by atoms with Crippen molar-refractivity contribution in [2.24, 2.45) is 11.8 Å². The molecule has 5 heteroatoms. The third kappa shape index (κ3) is 3.17. The van der Waals surface area contributed by atoms with Crippen LogP contribution in [0, 0.1) is 11.8 Å². The normalized spacial score (nSPS) is 32.0. The van der Waals surface area contributed by atoms with Crippen molar-refractivity contribution in [1.82, 2.24) is 9.80 Å². The van der Waals surface area contributed by atoms with Gasteiger partial charge in [0.2, 0.25) is 5.91 Å². The molecular formula is C18H26N2O3. The molecule has 0 aromatic carbocycles. The summed E-state index contributed by atoms with van der Waals surface area (Å²) in [6.45, 7) is 5.43. The number of piperidine rings is 1. The molecule has 3 aliphatic heterocycles. The average molecular weight is 318 g/mol. The molecule has 0 bridgehead atoms. The number of furan rings is 1. The van der Waals surface area contributed by atoms with Gasteiger partial charge in [-0.1, -0.05) is 0 Å². The Morgan fingerprint density at radius 3 is 2.87 bits per heavy atom. The summed E-state index contributed by atoms with van der Waals surface area (Å²) in [6.07, 6.45) is 6.21. The number of amides is 1. The molecule has 1 amide bonds. The fourth-order valence-electron chi connectivity index (χ4n) is 4.43. The first kappa shape index (κ1) is 15.2. The molecule has 4 rings (SSSR count). The maximum atomic E-state index is 12.9. The van der Waals surface area contributed by atoms with E-state index in [0.29, 0.717) is 11.8 Å². The van der Waals surface area contributed by atoms with Crippen molar-refractivity contribution >= 4 is 5.91 Å². The van der Waals surface area contributed by atoms with E-state index in [-0.39, 0.29) is 12.0 Å². The van der Waals surface area contributed by atoms with Gasteiger partial charge in [-0.25, -0.2) is 0 Å². The van der Waals surface area contributed by atoms with Gasteiger partial charge in [0.05, 0.1) is 18.9 Å². The van der Waals surface area contributed by atoms with Crippen LogP contribution in [-0.4, -0.2) is 54.6 Å². The van der Waals surface area contributed by atoms with Crippen molar-refractivity contribution in [2.75, 3.05) is 32.8 Å². The lowest BCUT2D eigenvalue weighted by Crippen LogP contribution is -2.53. The van der Waals surface area contributed by atoms with Crippen molar-refractivity contribution in [3.05, 3.63) is 24.2 Å². The quantitative estimate of drug-likeness (QED) is 0.856. The molecule has 0 unspecified atom stereocenters. The van der Waals surface area contributed by atoms with Crippen LogP contribution in [0.4, 0.5) is 0 Å². The van der Waals surface area contributed by atoms with E-state index in [4.69, 9.17) is 9.15 Å². The predicted molar refractivity (Wildman–Crippen MR) is 85.8 cm³/mol. The Balaban J connectivity index is 1.44. The minimum atomic E-state index is 0.145. The molecule has 0 spiro atoms. The van der Waals surface area contributed by atoms with Gasteiger partial charge in [-0.2, -0.15) is 0 Å². The van der Waals surface area contributed by atoms with Gasteiger partial charge in [-0.3, -0.25) is 9.69 Å². The van der Waals surface area contributed by atoms with Crippen LogP contribution in [0.15, 0.2) is 22.8 Å². The van der Waals surface area contributed by atoms with Crippen molar-refractivity contribution in [3.63, 3.8) is 0 Å². The highest BCUT2D eigenvalue weighted by Crippen LogP contribution is 2.35. The smallest absolute Gasteiger partial charge is 0.226 e. The molecule has 126 valence electrons. The standard InChI is InChI=1S/C18H26N2O3/c21-18(20-7-1-2-8-20)15-6-11-23-17-5-9-19(13-16(15)17)12-14-4-3-10-22-14/h3-4,10,15-17H,1-2,5-9,11-13H2/t15-,16+,17-/m1/s1. The second kappa shape index (κ2) is 6.65. The third-order valence-electron chi connectivity index (χ3n) is 5.65. The first-order chi connectivity index (χ1) is 11.3. The summed E-state index contributed by atoms with van der Waals surface area (Å²) in [5.74, 6) is 1.86. The van der Waals surface area contributed by atoms with Crippen LogP contribution in [0.3, 0.4) is 0 Å². The molecule has 0 N–H and O–H groups in total. The molecule has 0 saturated carbocycles. The van der Waals surface area contributed by atoms with E-state index in [2.05, 4.69) is 9.80 Å². The number of hydrogen-bond acceptors (Lipinski definition) is 4. The zero-order valence-electron chi connectivity index (χ0n) is 13.7. The molecule has 3 fully saturated rings. The lowest BCUT2D eigenvalue weighted by atomic mass is 9.78. The van der Waals surface area contributed by atoms with Gasteiger partial charge < -0.3 is 14.1 Å². The van der Waals surface area contributed by atoms with Crippen molar-refractivity contribution < 1.29 is 13.9 Å². The minimum absolute atomic E-state index is 0.145. The Labute approximate surface area is 137 Å². The van der Waals surface area contributed by atoms with Crippen molar-refractivity contribution in [1.29, 1.82) is 0 Å². The lowest BCUT2D eigenvalue weighted by Gasteiger charge is -2.45. The largest absolute Gasteiger partial charge is 0.468 e. The number of fused-ring (bicyclic) bond motifs is 1. The van der Waals surface area contributed by atoms with Crippen molar-refractivity contribution in [3.8, 4) is 0 Å². The molecule has 23 heavy (non-hydrogen) atoms. The Morgan fingerprint density at radius 1 is 1.22 bits per heavy atom. The highest BCUT2D eigenvalue weighted by Gasteiger charge is 2.43. The summed E-state index contributed by atoms with van der Waals surface area (Å²) in [7, 11) is 0. The monoisotopic (exact) mass is 318 g/mol. The second-order valence-electron chi connectivity index (χ2n) is 7.10. The number of rotatable bonds is 3. The van der Waals surface area contributed by atoms with Crippen LogP contribution >= 0.6 is 0 Å². The first-order valence-corrected chi connectivity index (χ1v) is 8.96. The predicted octanol–water partition coefficient (Wildman–Crippen LogP) is 2.13. The zero-order valence-corrected chi connectivity index (χ0v) is 13.7. The fourth-order valence-corrected chi connectivity index (χ4v) is 4.43. The van der Waals surface area contributed by atoms with E-state index in [1.54, 1.807) is 6.26 Å². The van der Waals surface area contributed by atoms with Gasteiger partial charge in [0, 0.05) is 44.6 Å². The zero-order chi connectivity index (χ0) is 15.6. The molecule has 3 atom stereocenters. The van der Waals surface area contributed by atoms with Gasteiger partial charge in [0.1, 0.15) is 5.76 Å². The highest BCUT2D eigenvalue weighted by molar-refractivity contribution is 5.79. The Bertz CT molecular complexity index is 524. The molecule has 3 aliphatic rings. The third-order valence-corrected chi connectivity index (χ3v) is 5.65. The Kier molecular flexibility index (Phi) is 4.40. The topological polar surface area (TPSA) is 45.9 Å². The van der Waals surface area contributed by atoms with Crippen molar-refractivity contribution in [2.45, 2.75) is 38.3 Å². The molecule has 1 aromatic heterocycles. The van der Waals surface area contributed by atoms with Gasteiger partial charge in [0.25, 0.3) is 0 Å². The Hall–Kier alpha value is -1.33. The minimum Gasteiger partial charge on any atom is -0.468 e. The number of carbonyl (C=O) groups excluding carboxylic acids is 1. The number of carbonyl (C=O) groups is 1. The maximum absolute atomic E-state index is 12.9. The fraction of sp³-hybridized carbons (Fsp3) is 0.722. The SMILES string of the molecule is O=C([C@@H]1CCO[C@@H]2CCN(Cc3ccco3)C[C@H]21)N1CCCC1. The van der Waals surface area contributed by atoms with E-state index < -0.39 is 0 Å². The van der Waals surface area contributed by atoms with Crippen LogP contribution in [-0.2, 0) is 16.1 Å². The molecule has 1 aromatic rings. The summed E-state index contributed by atoms with van der Waals surface area (Å²) >= 11 is 0. The summed E-state index contributed by atoms with van der Waals surface area (Å²) in [5.41, 5.74) is 0. The summed E-state index contributed by atoms with van der Waals surface area (Å²) in [5, 5.41) is 0. The van der Waals surface area contributed by atoms with Gasteiger partial charge in [0.15, 0.2) is 0 Å². The van der Waals surface area contributed by atoms with E-state index in [1.165, 1.54) is 0 Å². The average Bonchev–Trinajstić information content (AvgIpc) is 3.27. The molecule has 3 saturated heterocycles. The summed E-state index contributed by atoms with van der Waals surface area (Å²) in [4.78, 5) is 17.4. The molecule has 0 radical (unpaired) electrons. The molecule has 0 aliphatic carbocycles. The lowest BCUT2D eigenvalue weighted by molar-refractivity contribution is -0.151. The number of nitrogens with zero attached hydrogens (tertiary/aromatic N) is 2. The second-order valence-corrected chi connectivity index (χ2v) is 7.10. The van der Waals surface area contributed by atoms with E-state index in [0.717, 1.165) is 70.8 Å². The Morgan fingerprint density at radius 2 is 2.09 bits per heavy atom. The number of hydrogen-bond donors (Lipinski definition) is 0. The van der Waals surface area contributed by atoms with E-state index in [9.17, 15) is 4.79 Å². The number of likely N-dealkylation sites (tertiary alicyclic amines) is 2. The number of ether oxygens (including phenoxy) is 1. The van der Waals surface area contributed by atoms with Gasteiger partial charge in [-0.05, 0) is 37.8 Å². The van der Waals surface area contributed by atoms with E-state index >= 15 is 0 Å². The highest BCUT2D eigenvalue weighted by atomic mass is 16.5. The van der Waals surface area contributed by atoms with Crippen LogP contribution in [0.5, 0.6) is 0 Å². The van der Waals surface area contributed by atoms with Crippen LogP contribution in [0.2, 0.25) is 0 Å². The van der Waals surface area contributed by atoms with E-state index in [1.807, 2.05) is 12.1 Å². The van der Waals surface area contributed by atoms with Crippen LogP contribution < -0.4 is 0 Å². The maximum Gasteiger partial charge on any atom is 0.226 e. The molecular weight excluding hydrogens is 292 g/mol. The van der Waals surface area contributed by atoms with Crippen LogP contribution in [0.25, 0.3) is 0 Å². The summed E-state index contributed by atoms with van der Waals surface area (Å²) < 4.78 is 11.5. The molecule has 4 heterocycles. The molecule has 5 nitrogen and oxygen atoms in total. The first-order valence-electron chi connectivity index (χ1n) is 8.96. The van der Waals surface area contributed by atoms with Crippen LogP contribution in [0.1, 0.15) is 31.4 Å².